The monoisotopic (exact) mass is 541 g/mol. The molecule has 0 atom stereocenters. The van der Waals surface area contributed by atoms with Gasteiger partial charge in [0.15, 0.2) is 5.11 Å². The van der Waals surface area contributed by atoms with Crippen molar-refractivity contribution in [2.24, 2.45) is 0 Å². The zero-order valence-electron chi connectivity index (χ0n) is 18.3. The molecule has 0 fully saturated rings. The van der Waals surface area contributed by atoms with Crippen LogP contribution in [0.1, 0.15) is 11.3 Å². The number of benzene rings is 3. The van der Waals surface area contributed by atoms with Gasteiger partial charge in [-0.3, -0.25) is 0 Å². The summed E-state index contributed by atoms with van der Waals surface area (Å²) in [4.78, 5) is 0. The lowest BCUT2D eigenvalue weighted by Gasteiger charge is -2.10. The summed E-state index contributed by atoms with van der Waals surface area (Å²) in [5.41, 5.74) is 3.57. The second kappa shape index (κ2) is 11.0. The lowest BCUT2D eigenvalue weighted by Crippen LogP contribution is -2.28. The molecule has 2 N–H and O–H groups in total. The summed E-state index contributed by atoms with van der Waals surface area (Å²) in [6.07, 6.45) is 0. The van der Waals surface area contributed by atoms with Gasteiger partial charge in [0.2, 0.25) is 0 Å². The van der Waals surface area contributed by atoms with E-state index in [9.17, 15) is 5.26 Å². The molecule has 0 amide bonds. The summed E-state index contributed by atoms with van der Waals surface area (Å²) in [6.45, 7) is 0.206. The molecule has 0 radical (unpaired) electrons. The molecule has 0 unspecified atom stereocenters. The minimum absolute atomic E-state index is 0.206. The van der Waals surface area contributed by atoms with Crippen LogP contribution >= 0.6 is 47.0 Å². The number of rotatable bonds is 6. The van der Waals surface area contributed by atoms with Crippen LogP contribution in [0.3, 0.4) is 0 Å². The number of ether oxygens (including phenoxy) is 1. The van der Waals surface area contributed by atoms with Crippen molar-refractivity contribution in [2.45, 2.75) is 6.54 Å². The fourth-order valence-corrected chi connectivity index (χ4v) is 4.25. The highest BCUT2D eigenvalue weighted by Crippen LogP contribution is 2.33. The van der Waals surface area contributed by atoms with Crippen molar-refractivity contribution in [3.8, 4) is 28.8 Å². The van der Waals surface area contributed by atoms with E-state index in [0.717, 1.165) is 11.3 Å². The van der Waals surface area contributed by atoms with Gasteiger partial charge in [-0.2, -0.15) is 10.4 Å². The number of halogens is 3. The molecular formula is C25H18Cl3N5OS. The highest BCUT2D eigenvalue weighted by molar-refractivity contribution is 7.80. The molecule has 35 heavy (non-hydrogen) atoms. The Labute approximate surface area is 223 Å². The Balaban J connectivity index is 1.68. The molecule has 0 spiro atoms. The van der Waals surface area contributed by atoms with E-state index >= 15 is 0 Å². The lowest BCUT2D eigenvalue weighted by molar-refractivity contribution is 0.415. The van der Waals surface area contributed by atoms with Crippen LogP contribution in [0.4, 0.5) is 5.69 Å². The van der Waals surface area contributed by atoms with E-state index in [1.165, 1.54) is 0 Å². The van der Waals surface area contributed by atoms with Gasteiger partial charge in [0, 0.05) is 27.4 Å². The maximum Gasteiger partial charge on any atom is 0.171 e. The molecule has 0 saturated carbocycles. The van der Waals surface area contributed by atoms with E-state index in [-0.39, 0.29) is 6.54 Å². The molecule has 3 aromatic carbocycles. The standard InChI is InChI=1S/C25H18Cl3N5OS/c1-34-19-4-2-3-18(12-19)31-25(35)30-14-22-20(13-29)24(15-5-7-16(26)8-6-15)33(32-22)23-10-9-17(27)11-21(23)28/h2-12H,14H2,1H3,(H2,30,31,35). The molecular weight excluding hydrogens is 525 g/mol. The number of anilines is 1. The van der Waals surface area contributed by atoms with E-state index in [0.29, 0.717) is 48.6 Å². The largest absolute Gasteiger partial charge is 0.497 e. The second-order valence-electron chi connectivity index (χ2n) is 7.34. The molecule has 0 bridgehead atoms. The summed E-state index contributed by atoms with van der Waals surface area (Å²) >= 11 is 24.1. The number of hydrogen-bond acceptors (Lipinski definition) is 4. The maximum atomic E-state index is 10.1. The molecule has 6 nitrogen and oxygen atoms in total. The van der Waals surface area contributed by atoms with Crippen LogP contribution in [-0.4, -0.2) is 22.0 Å². The van der Waals surface area contributed by atoms with E-state index in [2.05, 4.69) is 16.7 Å². The molecule has 0 aliphatic rings. The Hall–Kier alpha value is -3.28. The highest BCUT2D eigenvalue weighted by Gasteiger charge is 2.22. The first kappa shape index (κ1) is 24.8. The van der Waals surface area contributed by atoms with Crippen LogP contribution < -0.4 is 15.4 Å². The van der Waals surface area contributed by atoms with E-state index < -0.39 is 0 Å². The zero-order valence-corrected chi connectivity index (χ0v) is 21.4. The van der Waals surface area contributed by atoms with E-state index in [4.69, 9.17) is 56.9 Å². The van der Waals surface area contributed by atoms with Crippen molar-refractivity contribution in [3.63, 3.8) is 0 Å². The fraction of sp³-hybridized carbons (Fsp3) is 0.0800. The third-order valence-corrected chi connectivity index (χ3v) is 6.11. The van der Waals surface area contributed by atoms with E-state index in [1.807, 2.05) is 36.4 Å². The summed E-state index contributed by atoms with van der Waals surface area (Å²) in [5, 5.41) is 22.8. The number of methoxy groups -OCH3 is 1. The Morgan fingerprint density at radius 2 is 1.80 bits per heavy atom. The smallest absolute Gasteiger partial charge is 0.171 e. The number of hydrogen-bond donors (Lipinski definition) is 2. The molecule has 1 aromatic heterocycles. The highest BCUT2D eigenvalue weighted by atomic mass is 35.5. The number of nitriles is 1. The summed E-state index contributed by atoms with van der Waals surface area (Å²) in [5.74, 6) is 0.704. The van der Waals surface area contributed by atoms with Gasteiger partial charge in [0.1, 0.15) is 23.1 Å². The third-order valence-electron chi connectivity index (χ3n) is 5.07. The van der Waals surface area contributed by atoms with Crippen molar-refractivity contribution in [3.05, 3.63) is 93.1 Å². The van der Waals surface area contributed by atoms with Crippen LogP contribution in [-0.2, 0) is 6.54 Å². The summed E-state index contributed by atoms with van der Waals surface area (Å²) < 4.78 is 6.88. The molecule has 176 valence electrons. The first-order chi connectivity index (χ1) is 16.9. The Morgan fingerprint density at radius 3 is 2.49 bits per heavy atom. The molecule has 1 heterocycles. The molecule has 0 aliphatic carbocycles. The van der Waals surface area contributed by atoms with Gasteiger partial charge in [0.25, 0.3) is 0 Å². The van der Waals surface area contributed by atoms with Gasteiger partial charge in [-0.05, 0) is 54.7 Å². The Kier molecular flexibility index (Phi) is 7.79. The SMILES string of the molecule is COc1cccc(NC(=S)NCc2nn(-c3ccc(Cl)cc3Cl)c(-c3ccc(Cl)cc3)c2C#N)c1. The van der Waals surface area contributed by atoms with Crippen LogP contribution in [0.25, 0.3) is 16.9 Å². The number of nitrogens with one attached hydrogen (secondary N) is 2. The Bertz CT molecular complexity index is 1430. The van der Waals surface area contributed by atoms with E-state index in [1.54, 1.807) is 42.1 Å². The minimum Gasteiger partial charge on any atom is -0.497 e. The fourth-order valence-electron chi connectivity index (χ4n) is 3.45. The van der Waals surface area contributed by atoms with Crippen molar-refractivity contribution in [1.82, 2.24) is 15.1 Å². The normalized spacial score (nSPS) is 10.5. The van der Waals surface area contributed by atoms with Gasteiger partial charge in [-0.25, -0.2) is 4.68 Å². The molecule has 4 rings (SSSR count). The van der Waals surface area contributed by atoms with Gasteiger partial charge < -0.3 is 15.4 Å². The van der Waals surface area contributed by atoms with Crippen molar-refractivity contribution in [2.75, 3.05) is 12.4 Å². The minimum atomic E-state index is 0.206. The average molecular weight is 543 g/mol. The quantitative estimate of drug-likeness (QED) is 0.259. The third kappa shape index (κ3) is 5.69. The van der Waals surface area contributed by atoms with Crippen molar-refractivity contribution >= 4 is 57.8 Å². The Morgan fingerprint density at radius 1 is 1.06 bits per heavy atom. The molecule has 0 aliphatic heterocycles. The number of aromatic nitrogens is 2. The maximum absolute atomic E-state index is 10.1. The summed E-state index contributed by atoms with van der Waals surface area (Å²) in [7, 11) is 1.60. The lowest BCUT2D eigenvalue weighted by atomic mass is 10.1. The molecule has 4 aromatic rings. The molecule has 0 saturated heterocycles. The van der Waals surface area contributed by atoms with Crippen LogP contribution in [0.2, 0.25) is 15.1 Å². The predicted molar refractivity (Wildman–Crippen MR) is 145 cm³/mol. The van der Waals surface area contributed by atoms with Crippen LogP contribution in [0.15, 0.2) is 66.7 Å². The van der Waals surface area contributed by atoms with Gasteiger partial charge in [-0.1, -0.05) is 53.0 Å². The van der Waals surface area contributed by atoms with Gasteiger partial charge in [0.05, 0.1) is 30.1 Å². The number of thiocarbonyl (C=S) groups is 1. The number of nitrogens with zero attached hydrogens (tertiary/aromatic N) is 3. The molecule has 10 heteroatoms. The summed E-state index contributed by atoms with van der Waals surface area (Å²) in [6, 6.07) is 21.9. The van der Waals surface area contributed by atoms with Crippen LogP contribution in [0, 0.1) is 11.3 Å². The topological polar surface area (TPSA) is 74.9 Å². The first-order valence-corrected chi connectivity index (χ1v) is 11.9. The zero-order chi connectivity index (χ0) is 24.9. The predicted octanol–water partition coefficient (Wildman–Crippen LogP) is 6.87. The first-order valence-electron chi connectivity index (χ1n) is 10.3. The van der Waals surface area contributed by atoms with Crippen LogP contribution in [0.5, 0.6) is 5.75 Å². The second-order valence-corrected chi connectivity index (χ2v) is 9.02. The average Bonchev–Trinajstić information content (AvgIpc) is 3.21. The van der Waals surface area contributed by atoms with Gasteiger partial charge in [-0.15, -0.1) is 0 Å². The van der Waals surface area contributed by atoms with Crippen molar-refractivity contribution < 1.29 is 4.74 Å². The van der Waals surface area contributed by atoms with Crippen molar-refractivity contribution in [1.29, 1.82) is 5.26 Å². The van der Waals surface area contributed by atoms with Gasteiger partial charge >= 0.3 is 0 Å².